The van der Waals surface area contributed by atoms with Crippen LogP contribution in [-0.4, -0.2) is 40.2 Å². The highest BCUT2D eigenvalue weighted by Crippen LogP contribution is 2.45. The van der Waals surface area contributed by atoms with Gasteiger partial charge in [-0.05, 0) is 31.2 Å². The maximum Gasteiger partial charge on any atom is 0.343 e. The summed E-state index contributed by atoms with van der Waals surface area (Å²) in [6.45, 7) is 1.32. The van der Waals surface area contributed by atoms with Crippen molar-refractivity contribution in [1.82, 2.24) is 0 Å². The first-order chi connectivity index (χ1) is 12.9. The Morgan fingerprint density at radius 3 is 1.96 bits per heavy atom. The fraction of sp³-hybridized carbons (Fsp3) is 0.263. The summed E-state index contributed by atoms with van der Waals surface area (Å²) in [5.74, 6) is -0.132. The topological polar surface area (TPSA) is 80.3 Å². The van der Waals surface area contributed by atoms with Crippen molar-refractivity contribution in [2.45, 2.75) is 6.92 Å². The molecule has 8 heteroatoms. The lowest BCUT2D eigenvalue weighted by Gasteiger charge is -2.17. The third kappa shape index (κ3) is 4.09. The minimum absolute atomic E-state index is 0.0454. The highest BCUT2D eigenvalue weighted by atomic mass is 35.5. The average molecular weight is 395 g/mol. The Balaban J connectivity index is 2.52. The summed E-state index contributed by atoms with van der Waals surface area (Å²) < 4.78 is 26.3. The first kappa shape index (κ1) is 20.4. The number of Topliss-reactive ketones (excluding diaryl/α,β-unsaturated/α-hetero) is 1. The van der Waals surface area contributed by atoms with Gasteiger partial charge in [0.05, 0.1) is 44.6 Å². The van der Waals surface area contributed by atoms with E-state index >= 15 is 0 Å². The van der Waals surface area contributed by atoms with Gasteiger partial charge in [-0.1, -0.05) is 11.6 Å². The highest BCUT2D eigenvalue weighted by Gasteiger charge is 2.25. The molecule has 144 valence electrons. The second kappa shape index (κ2) is 8.64. The van der Waals surface area contributed by atoms with Gasteiger partial charge in [-0.3, -0.25) is 4.79 Å². The number of ketones is 1. The van der Waals surface area contributed by atoms with Crippen molar-refractivity contribution in [3.63, 3.8) is 0 Å². The van der Waals surface area contributed by atoms with Gasteiger partial charge in [0.1, 0.15) is 0 Å². The summed E-state index contributed by atoms with van der Waals surface area (Å²) >= 11 is 6.13. The van der Waals surface area contributed by atoms with Gasteiger partial charge < -0.3 is 23.7 Å². The molecule has 0 saturated carbocycles. The molecule has 0 amide bonds. The average Bonchev–Trinajstić information content (AvgIpc) is 2.67. The Morgan fingerprint density at radius 1 is 0.815 bits per heavy atom. The summed E-state index contributed by atoms with van der Waals surface area (Å²) in [5, 5.41) is 0.158. The molecule has 0 aromatic heterocycles. The summed E-state index contributed by atoms with van der Waals surface area (Å²) in [4.78, 5) is 24.7. The van der Waals surface area contributed by atoms with Crippen molar-refractivity contribution in [3.05, 3.63) is 40.4 Å². The predicted molar refractivity (Wildman–Crippen MR) is 99.1 cm³/mol. The van der Waals surface area contributed by atoms with Gasteiger partial charge in [-0.25, -0.2) is 4.79 Å². The van der Waals surface area contributed by atoms with Crippen LogP contribution in [0.15, 0.2) is 24.3 Å². The van der Waals surface area contributed by atoms with Crippen LogP contribution in [0.1, 0.15) is 27.6 Å². The highest BCUT2D eigenvalue weighted by molar-refractivity contribution is 6.33. The van der Waals surface area contributed by atoms with Gasteiger partial charge in [-0.2, -0.15) is 0 Å². The second-order valence-electron chi connectivity index (χ2n) is 5.32. The van der Waals surface area contributed by atoms with Gasteiger partial charge >= 0.3 is 5.97 Å². The number of carbonyl (C=O) groups is 2. The molecule has 0 bridgehead atoms. The smallest absolute Gasteiger partial charge is 0.343 e. The number of hydrogen-bond donors (Lipinski definition) is 0. The van der Waals surface area contributed by atoms with Gasteiger partial charge in [0.2, 0.25) is 5.75 Å². The molecule has 0 heterocycles. The summed E-state index contributed by atoms with van der Waals surface area (Å²) in [6, 6.07) is 5.91. The van der Waals surface area contributed by atoms with E-state index in [1.807, 2.05) is 0 Å². The molecule has 7 nitrogen and oxygen atoms in total. The number of esters is 1. The Bertz CT molecular complexity index is 877. The fourth-order valence-corrected chi connectivity index (χ4v) is 2.72. The first-order valence-corrected chi connectivity index (χ1v) is 8.15. The zero-order chi connectivity index (χ0) is 20.1. The molecule has 0 atom stereocenters. The van der Waals surface area contributed by atoms with Gasteiger partial charge in [0.15, 0.2) is 28.8 Å². The van der Waals surface area contributed by atoms with Crippen molar-refractivity contribution in [3.8, 4) is 28.7 Å². The van der Waals surface area contributed by atoms with Crippen LogP contribution in [0.3, 0.4) is 0 Å². The van der Waals surface area contributed by atoms with Crippen LogP contribution in [0.5, 0.6) is 28.7 Å². The van der Waals surface area contributed by atoms with Gasteiger partial charge in [0, 0.05) is 0 Å². The minimum atomic E-state index is -0.721. The van der Waals surface area contributed by atoms with E-state index in [4.69, 9.17) is 35.3 Å². The summed E-state index contributed by atoms with van der Waals surface area (Å²) in [5.41, 5.74) is 0.282. The van der Waals surface area contributed by atoms with Crippen molar-refractivity contribution in [1.29, 1.82) is 0 Å². The Morgan fingerprint density at radius 2 is 1.44 bits per heavy atom. The monoisotopic (exact) mass is 394 g/mol. The summed E-state index contributed by atoms with van der Waals surface area (Å²) in [7, 11) is 5.68. The number of halogens is 1. The molecule has 0 unspecified atom stereocenters. The minimum Gasteiger partial charge on any atom is -0.493 e. The van der Waals surface area contributed by atoms with E-state index in [1.54, 1.807) is 6.07 Å². The molecule has 0 fully saturated rings. The Hall–Kier alpha value is -2.93. The van der Waals surface area contributed by atoms with Crippen LogP contribution in [0.4, 0.5) is 0 Å². The van der Waals surface area contributed by atoms with Crippen LogP contribution < -0.4 is 23.7 Å². The maximum absolute atomic E-state index is 12.7. The Labute approximate surface area is 161 Å². The standard InChI is InChI=1S/C19H19ClO7/c1-10(21)12-9-13(20)17(25-4)18(26-5)16(12)27-19(22)11-6-7-14(23-2)15(8-11)24-3/h6-9H,1-5H3. The third-order valence-corrected chi connectivity index (χ3v) is 4.03. The molecule has 0 aliphatic heterocycles. The number of rotatable bonds is 7. The van der Waals surface area contributed by atoms with Crippen molar-refractivity contribution in [2.24, 2.45) is 0 Å². The molecule has 2 aromatic carbocycles. The van der Waals surface area contributed by atoms with Crippen molar-refractivity contribution in [2.75, 3.05) is 28.4 Å². The molecule has 0 spiro atoms. The zero-order valence-corrected chi connectivity index (χ0v) is 16.3. The number of methoxy groups -OCH3 is 4. The molecule has 2 aromatic rings. The van der Waals surface area contributed by atoms with Crippen molar-refractivity contribution >= 4 is 23.4 Å². The van der Waals surface area contributed by atoms with E-state index in [0.29, 0.717) is 11.5 Å². The molecule has 2 rings (SSSR count). The van der Waals surface area contributed by atoms with E-state index in [2.05, 4.69) is 0 Å². The third-order valence-electron chi connectivity index (χ3n) is 3.75. The fourth-order valence-electron chi connectivity index (χ4n) is 2.44. The van der Waals surface area contributed by atoms with Gasteiger partial charge in [-0.15, -0.1) is 0 Å². The van der Waals surface area contributed by atoms with E-state index in [0.717, 1.165) is 0 Å². The van der Waals surface area contributed by atoms with Crippen molar-refractivity contribution < 1.29 is 33.3 Å². The number of ether oxygens (including phenoxy) is 5. The van der Waals surface area contributed by atoms with Crippen LogP contribution in [0.2, 0.25) is 5.02 Å². The SMILES string of the molecule is COc1ccc(C(=O)Oc2c(C(C)=O)cc(Cl)c(OC)c2OC)cc1OC. The molecule has 0 aliphatic rings. The number of hydrogen-bond acceptors (Lipinski definition) is 7. The zero-order valence-electron chi connectivity index (χ0n) is 15.5. The lowest BCUT2D eigenvalue weighted by molar-refractivity contribution is 0.0726. The largest absolute Gasteiger partial charge is 0.493 e. The van der Waals surface area contributed by atoms with Crippen LogP contribution in [0, 0.1) is 0 Å². The van der Waals surface area contributed by atoms with E-state index in [1.165, 1.54) is 53.6 Å². The molecule has 0 aliphatic carbocycles. The molecule has 27 heavy (non-hydrogen) atoms. The summed E-state index contributed by atoms with van der Waals surface area (Å²) in [6.07, 6.45) is 0. The van der Waals surface area contributed by atoms with E-state index < -0.39 is 5.97 Å². The second-order valence-corrected chi connectivity index (χ2v) is 5.72. The van der Waals surface area contributed by atoms with Gasteiger partial charge in [0.25, 0.3) is 0 Å². The first-order valence-electron chi connectivity index (χ1n) is 7.77. The number of carbonyl (C=O) groups excluding carboxylic acids is 2. The van der Waals surface area contributed by atoms with Crippen LogP contribution >= 0.6 is 11.6 Å². The Kier molecular flexibility index (Phi) is 6.52. The quantitative estimate of drug-likeness (QED) is 0.401. The van der Waals surface area contributed by atoms with Crippen LogP contribution in [0.25, 0.3) is 0 Å². The maximum atomic E-state index is 12.7. The normalized spacial score (nSPS) is 10.1. The van der Waals surface area contributed by atoms with E-state index in [9.17, 15) is 9.59 Å². The molecular formula is C19H19ClO7. The molecular weight excluding hydrogens is 376 g/mol. The van der Waals surface area contributed by atoms with Crippen LogP contribution in [-0.2, 0) is 0 Å². The number of benzene rings is 2. The molecule has 0 saturated heterocycles. The predicted octanol–water partition coefficient (Wildman–Crippen LogP) is 3.80. The lowest BCUT2D eigenvalue weighted by atomic mass is 10.1. The molecule has 0 radical (unpaired) electrons. The van der Waals surface area contributed by atoms with E-state index in [-0.39, 0.29) is 39.2 Å². The molecule has 0 N–H and O–H groups in total. The lowest BCUT2D eigenvalue weighted by Crippen LogP contribution is -2.13.